The second-order valence-corrected chi connectivity index (χ2v) is 8.12. The molecule has 0 aliphatic rings. The van der Waals surface area contributed by atoms with E-state index in [0.717, 1.165) is 15.7 Å². The molecule has 0 bridgehead atoms. The zero-order valence-corrected chi connectivity index (χ0v) is 14.6. The van der Waals surface area contributed by atoms with Crippen LogP contribution in [0, 0.1) is 0 Å². The van der Waals surface area contributed by atoms with Crippen molar-refractivity contribution in [1.29, 1.82) is 0 Å². The van der Waals surface area contributed by atoms with Crippen LogP contribution in [-0.4, -0.2) is 14.2 Å². The topological polar surface area (TPSA) is 46.2 Å². The average Bonchev–Trinajstić information content (AvgIpc) is 2.48. The van der Waals surface area contributed by atoms with Gasteiger partial charge in [0.15, 0.2) is 9.84 Å². The predicted molar refractivity (Wildman–Crippen MR) is 90.6 cm³/mol. The van der Waals surface area contributed by atoms with Gasteiger partial charge in [0.1, 0.15) is 0 Å². The molecule has 1 N–H and O–H groups in total. The standard InChI is InChI=1S/C15H15BrClNO2S/c1-2-21(19,20)14-6-4-13(5-7-14)18-10-11-9-12(16)3-8-15(11)17/h3-9,18H,2,10H2,1H3. The highest BCUT2D eigenvalue weighted by molar-refractivity contribution is 9.10. The first-order valence-electron chi connectivity index (χ1n) is 6.43. The number of anilines is 1. The SMILES string of the molecule is CCS(=O)(=O)c1ccc(NCc2cc(Br)ccc2Cl)cc1. The minimum atomic E-state index is -3.15. The van der Waals surface area contributed by atoms with E-state index in [0.29, 0.717) is 16.5 Å². The van der Waals surface area contributed by atoms with Crippen LogP contribution < -0.4 is 5.32 Å². The van der Waals surface area contributed by atoms with Gasteiger partial charge in [-0.2, -0.15) is 0 Å². The summed E-state index contributed by atoms with van der Waals surface area (Å²) in [5.41, 5.74) is 1.82. The molecule has 0 radical (unpaired) electrons. The number of benzene rings is 2. The summed E-state index contributed by atoms with van der Waals surface area (Å²) in [5.74, 6) is 0.105. The van der Waals surface area contributed by atoms with Crippen LogP contribution >= 0.6 is 27.5 Å². The van der Waals surface area contributed by atoms with Gasteiger partial charge in [0.2, 0.25) is 0 Å². The predicted octanol–water partition coefficient (Wildman–Crippen LogP) is 4.51. The molecule has 2 rings (SSSR count). The van der Waals surface area contributed by atoms with Gasteiger partial charge in [0.25, 0.3) is 0 Å². The van der Waals surface area contributed by atoms with Gasteiger partial charge in [-0.25, -0.2) is 8.42 Å². The molecule has 0 amide bonds. The minimum Gasteiger partial charge on any atom is -0.381 e. The second kappa shape index (κ2) is 6.81. The number of hydrogen-bond acceptors (Lipinski definition) is 3. The summed E-state index contributed by atoms with van der Waals surface area (Å²) in [6, 6.07) is 12.4. The average molecular weight is 389 g/mol. The summed E-state index contributed by atoms with van der Waals surface area (Å²) in [7, 11) is -3.15. The van der Waals surface area contributed by atoms with Gasteiger partial charge in [-0.3, -0.25) is 0 Å². The van der Waals surface area contributed by atoms with Gasteiger partial charge < -0.3 is 5.32 Å². The summed E-state index contributed by atoms with van der Waals surface area (Å²) in [5, 5.41) is 3.92. The maximum Gasteiger partial charge on any atom is 0.178 e. The maximum absolute atomic E-state index is 11.7. The number of halogens is 2. The molecule has 6 heteroatoms. The van der Waals surface area contributed by atoms with Crippen LogP contribution in [0.2, 0.25) is 5.02 Å². The lowest BCUT2D eigenvalue weighted by molar-refractivity contribution is 0.597. The van der Waals surface area contributed by atoms with Crippen molar-refractivity contribution in [2.24, 2.45) is 0 Å². The normalized spacial score (nSPS) is 11.4. The Bertz CT molecular complexity index is 730. The highest BCUT2D eigenvalue weighted by Crippen LogP contribution is 2.22. The Morgan fingerprint density at radius 2 is 1.81 bits per heavy atom. The third kappa shape index (κ3) is 4.22. The minimum absolute atomic E-state index is 0.105. The summed E-state index contributed by atoms with van der Waals surface area (Å²) in [6.07, 6.45) is 0. The fourth-order valence-corrected chi connectivity index (χ4v) is 3.30. The first-order valence-corrected chi connectivity index (χ1v) is 9.25. The van der Waals surface area contributed by atoms with Crippen molar-refractivity contribution in [2.75, 3.05) is 11.1 Å². The molecular formula is C15H15BrClNO2S. The zero-order chi connectivity index (χ0) is 15.5. The first kappa shape index (κ1) is 16.3. The molecule has 0 aromatic heterocycles. The monoisotopic (exact) mass is 387 g/mol. The fourth-order valence-electron chi connectivity index (χ4n) is 1.82. The Morgan fingerprint density at radius 1 is 1.14 bits per heavy atom. The Kier molecular flexibility index (Phi) is 5.30. The van der Waals surface area contributed by atoms with Crippen molar-refractivity contribution < 1.29 is 8.42 Å². The van der Waals surface area contributed by atoms with E-state index in [9.17, 15) is 8.42 Å². The van der Waals surface area contributed by atoms with Crippen LogP contribution in [0.3, 0.4) is 0 Å². The molecule has 0 aliphatic heterocycles. The molecule has 0 heterocycles. The Hall–Kier alpha value is -1.04. The van der Waals surface area contributed by atoms with Gasteiger partial charge in [0, 0.05) is 21.7 Å². The van der Waals surface area contributed by atoms with Gasteiger partial charge in [-0.1, -0.05) is 34.5 Å². The van der Waals surface area contributed by atoms with Crippen LogP contribution in [0.4, 0.5) is 5.69 Å². The molecule has 21 heavy (non-hydrogen) atoms. The van der Waals surface area contributed by atoms with Gasteiger partial charge >= 0.3 is 0 Å². The van der Waals surface area contributed by atoms with E-state index in [2.05, 4.69) is 21.2 Å². The molecule has 0 spiro atoms. The van der Waals surface area contributed by atoms with E-state index in [1.54, 1.807) is 31.2 Å². The van der Waals surface area contributed by atoms with Crippen LogP contribution in [-0.2, 0) is 16.4 Å². The van der Waals surface area contributed by atoms with E-state index in [-0.39, 0.29) is 5.75 Å². The van der Waals surface area contributed by atoms with Crippen LogP contribution in [0.1, 0.15) is 12.5 Å². The highest BCUT2D eigenvalue weighted by Gasteiger charge is 2.10. The first-order chi connectivity index (χ1) is 9.92. The molecule has 0 atom stereocenters. The van der Waals surface area contributed by atoms with Gasteiger partial charge in [0.05, 0.1) is 10.6 Å². The Morgan fingerprint density at radius 3 is 2.43 bits per heavy atom. The fraction of sp³-hybridized carbons (Fsp3) is 0.200. The van der Waals surface area contributed by atoms with E-state index in [1.807, 2.05) is 18.2 Å². The number of rotatable bonds is 5. The second-order valence-electron chi connectivity index (χ2n) is 4.52. The summed E-state index contributed by atoms with van der Waals surface area (Å²) in [4.78, 5) is 0.344. The Balaban J connectivity index is 2.09. The van der Waals surface area contributed by atoms with E-state index >= 15 is 0 Å². The maximum atomic E-state index is 11.7. The van der Waals surface area contributed by atoms with Crippen molar-refractivity contribution in [3.05, 3.63) is 57.5 Å². The van der Waals surface area contributed by atoms with E-state index in [4.69, 9.17) is 11.6 Å². The smallest absolute Gasteiger partial charge is 0.178 e. The summed E-state index contributed by atoms with van der Waals surface area (Å²) in [6.45, 7) is 2.20. The molecule has 0 fully saturated rings. The quantitative estimate of drug-likeness (QED) is 0.820. The third-order valence-corrected chi connectivity index (χ3v) is 5.70. The molecule has 2 aromatic rings. The molecule has 3 nitrogen and oxygen atoms in total. The van der Waals surface area contributed by atoms with Crippen LogP contribution in [0.25, 0.3) is 0 Å². The van der Waals surface area contributed by atoms with Gasteiger partial charge in [-0.15, -0.1) is 0 Å². The van der Waals surface area contributed by atoms with Crippen molar-refractivity contribution in [3.8, 4) is 0 Å². The molecule has 0 saturated carbocycles. The van der Waals surface area contributed by atoms with Crippen molar-refractivity contribution in [2.45, 2.75) is 18.4 Å². The number of hydrogen-bond donors (Lipinski definition) is 1. The van der Waals surface area contributed by atoms with E-state index in [1.165, 1.54) is 0 Å². The molecular weight excluding hydrogens is 374 g/mol. The lowest BCUT2D eigenvalue weighted by Gasteiger charge is -2.09. The summed E-state index contributed by atoms with van der Waals surface area (Å²) >= 11 is 9.53. The molecule has 2 aromatic carbocycles. The van der Waals surface area contributed by atoms with Crippen molar-refractivity contribution in [3.63, 3.8) is 0 Å². The third-order valence-electron chi connectivity index (χ3n) is 3.08. The van der Waals surface area contributed by atoms with Crippen LogP contribution in [0.5, 0.6) is 0 Å². The lowest BCUT2D eigenvalue weighted by Crippen LogP contribution is -2.04. The highest BCUT2D eigenvalue weighted by atomic mass is 79.9. The number of sulfone groups is 1. The van der Waals surface area contributed by atoms with Crippen molar-refractivity contribution >= 4 is 43.1 Å². The Labute approximate surface area is 138 Å². The largest absolute Gasteiger partial charge is 0.381 e. The van der Waals surface area contributed by atoms with Crippen LogP contribution in [0.15, 0.2) is 51.8 Å². The molecule has 112 valence electrons. The van der Waals surface area contributed by atoms with Crippen molar-refractivity contribution in [1.82, 2.24) is 0 Å². The van der Waals surface area contributed by atoms with E-state index < -0.39 is 9.84 Å². The molecule has 0 aliphatic carbocycles. The number of nitrogens with one attached hydrogen (secondary N) is 1. The van der Waals surface area contributed by atoms with Gasteiger partial charge in [-0.05, 0) is 48.0 Å². The summed E-state index contributed by atoms with van der Waals surface area (Å²) < 4.78 is 24.4. The molecule has 0 saturated heterocycles. The molecule has 0 unspecified atom stereocenters. The zero-order valence-electron chi connectivity index (χ0n) is 11.4. The lowest BCUT2D eigenvalue weighted by atomic mass is 10.2.